The van der Waals surface area contributed by atoms with Gasteiger partial charge in [0, 0.05) is 11.4 Å². The molecule has 0 radical (unpaired) electrons. The summed E-state index contributed by atoms with van der Waals surface area (Å²) in [5.41, 5.74) is 1.31. The smallest absolute Gasteiger partial charge is 0.110 e. The molecule has 14 heavy (non-hydrogen) atoms. The van der Waals surface area contributed by atoms with Gasteiger partial charge in [0.25, 0.3) is 0 Å². The molecule has 78 valence electrons. The fourth-order valence-electron chi connectivity index (χ4n) is 1.76. The summed E-state index contributed by atoms with van der Waals surface area (Å²) in [6.45, 7) is 2.94. The van der Waals surface area contributed by atoms with Crippen LogP contribution in [-0.4, -0.2) is 23.2 Å². The third-order valence-corrected chi connectivity index (χ3v) is 3.89. The monoisotopic (exact) mass is 212 g/mol. The summed E-state index contributed by atoms with van der Waals surface area (Å²) in [6.07, 6.45) is 3.63. The Labute approximate surface area is 88.2 Å². The molecule has 0 aromatic carbocycles. The molecular formula is C10H16N2OS. The molecule has 4 heteroatoms. The van der Waals surface area contributed by atoms with Gasteiger partial charge in [-0.05, 0) is 26.2 Å². The van der Waals surface area contributed by atoms with Crippen molar-refractivity contribution in [2.45, 2.75) is 32.2 Å². The average molecular weight is 212 g/mol. The van der Waals surface area contributed by atoms with E-state index in [2.05, 4.69) is 17.2 Å². The average Bonchev–Trinajstić information content (AvgIpc) is 2.72. The van der Waals surface area contributed by atoms with E-state index in [-0.39, 0.29) is 12.6 Å². The number of thiazole rings is 1. The summed E-state index contributed by atoms with van der Waals surface area (Å²) in [5, 5.41) is 13.1. The van der Waals surface area contributed by atoms with Crippen LogP contribution in [-0.2, 0) is 12.8 Å². The van der Waals surface area contributed by atoms with Gasteiger partial charge >= 0.3 is 0 Å². The Balaban J connectivity index is 2.02. The Morgan fingerprint density at radius 1 is 1.57 bits per heavy atom. The van der Waals surface area contributed by atoms with Crippen LogP contribution in [0.5, 0.6) is 0 Å². The van der Waals surface area contributed by atoms with Crippen molar-refractivity contribution < 1.29 is 5.11 Å². The number of aryl methyl sites for hydroxylation is 2. The van der Waals surface area contributed by atoms with E-state index < -0.39 is 0 Å². The first-order valence-electron chi connectivity index (χ1n) is 5.14. The zero-order chi connectivity index (χ0) is 9.97. The van der Waals surface area contributed by atoms with Crippen LogP contribution in [0.2, 0.25) is 0 Å². The minimum absolute atomic E-state index is 0.190. The molecule has 0 aliphatic heterocycles. The number of aromatic nitrogens is 1. The van der Waals surface area contributed by atoms with Crippen molar-refractivity contribution in [2.24, 2.45) is 0 Å². The second-order valence-electron chi connectivity index (χ2n) is 3.67. The second kappa shape index (κ2) is 4.38. The summed E-state index contributed by atoms with van der Waals surface area (Å²) < 4.78 is 0. The lowest BCUT2D eigenvalue weighted by Crippen LogP contribution is -2.21. The Morgan fingerprint density at radius 3 is 3.14 bits per heavy atom. The lowest BCUT2D eigenvalue weighted by atomic mass is 10.3. The van der Waals surface area contributed by atoms with Gasteiger partial charge in [0.15, 0.2) is 0 Å². The second-order valence-corrected chi connectivity index (χ2v) is 4.79. The molecule has 0 saturated heterocycles. The normalized spacial score (nSPS) is 17.0. The number of fused-ring (bicyclic) bond motifs is 1. The molecule has 1 aromatic rings. The standard InChI is InChI=1S/C10H16N2OS/c1-7(11-5-6-13)10-12-8-3-2-4-9(8)14-10/h7,11,13H,2-6H2,1H3. The van der Waals surface area contributed by atoms with Crippen molar-refractivity contribution in [1.29, 1.82) is 0 Å². The quantitative estimate of drug-likeness (QED) is 0.790. The van der Waals surface area contributed by atoms with E-state index in [9.17, 15) is 0 Å². The fourth-order valence-corrected chi connectivity index (χ4v) is 2.94. The SMILES string of the molecule is CC(NCCO)c1nc2c(s1)CCC2. The third-order valence-electron chi connectivity index (χ3n) is 2.54. The van der Waals surface area contributed by atoms with Crippen LogP contribution < -0.4 is 5.32 Å². The van der Waals surface area contributed by atoms with Crippen LogP contribution in [0.3, 0.4) is 0 Å². The zero-order valence-electron chi connectivity index (χ0n) is 8.42. The van der Waals surface area contributed by atoms with Crippen molar-refractivity contribution >= 4 is 11.3 Å². The molecule has 1 atom stereocenters. The Morgan fingerprint density at radius 2 is 2.43 bits per heavy atom. The van der Waals surface area contributed by atoms with Crippen LogP contribution in [0.4, 0.5) is 0 Å². The van der Waals surface area contributed by atoms with Crippen molar-refractivity contribution in [3.05, 3.63) is 15.6 Å². The van der Waals surface area contributed by atoms with Gasteiger partial charge in [-0.1, -0.05) is 0 Å². The lowest BCUT2D eigenvalue weighted by Gasteiger charge is -2.09. The summed E-state index contributed by atoms with van der Waals surface area (Å²) in [5.74, 6) is 0. The Hall–Kier alpha value is -0.450. The Kier molecular flexibility index (Phi) is 3.15. The molecule has 1 unspecified atom stereocenters. The zero-order valence-corrected chi connectivity index (χ0v) is 9.23. The van der Waals surface area contributed by atoms with E-state index in [1.165, 1.54) is 28.4 Å². The molecule has 0 spiro atoms. The fraction of sp³-hybridized carbons (Fsp3) is 0.700. The van der Waals surface area contributed by atoms with E-state index >= 15 is 0 Å². The van der Waals surface area contributed by atoms with Gasteiger partial charge in [-0.15, -0.1) is 11.3 Å². The largest absolute Gasteiger partial charge is 0.395 e. The number of aliphatic hydroxyl groups excluding tert-OH is 1. The number of aliphatic hydroxyl groups is 1. The van der Waals surface area contributed by atoms with Crippen LogP contribution in [0.25, 0.3) is 0 Å². The maximum Gasteiger partial charge on any atom is 0.110 e. The Bertz CT molecular complexity index is 290. The van der Waals surface area contributed by atoms with Crippen LogP contribution in [0.15, 0.2) is 0 Å². The third kappa shape index (κ3) is 1.97. The molecule has 1 aromatic heterocycles. The van der Waals surface area contributed by atoms with Crippen LogP contribution in [0.1, 0.15) is 35.0 Å². The summed E-state index contributed by atoms with van der Waals surface area (Å²) in [7, 11) is 0. The van der Waals surface area contributed by atoms with Gasteiger partial charge in [0.05, 0.1) is 18.3 Å². The van der Waals surface area contributed by atoms with Gasteiger partial charge in [0.1, 0.15) is 5.01 Å². The highest BCUT2D eigenvalue weighted by molar-refractivity contribution is 7.11. The summed E-state index contributed by atoms with van der Waals surface area (Å²) in [4.78, 5) is 6.09. The molecule has 2 N–H and O–H groups in total. The number of hydrogen-bond acceptors (Lipinski definition) is 4. The number of rotatable bonds is 4. The molecule has 3 nitrogen and oxygen atoms in total. The number of nitrogens with zero attached hydrogens (tertiary/aromatic N) is 1. The van der Waals surface area contributed by atoms with Crippen molar-refractivity contribution in [2.75, 3.05) is 13.2 Å². The van der Waals surface area contributed by atoms with Crippen molar-refractivity contribution in [3.8, 4) is 0 Å². The van der Waals surface area contributed by atoms with Crippen LogP contribution >= 0.6 is 11.3 Å². The first kappa shape index (κ1) is 10.1. The molecule has 0 bridgehead atoms. The highest BCUT2D eigenvalue weighted by atomic mass is 32.1. The summed E-state index contributed by atoms with van der Waals surface area (Å²) >= 11 is 1.83. The van der Waals surface area contributed by atoms with E-state index in [1.807, 2.05) is 11.3 Å². The minimum atomic E-state index is 0.190. The first-order valence-corrected chi connectivity index (χ1v) is 5.95. The van der Waals surface area contributed by atoms with Crippen LogP contribution in [0, 0.1) is 0 Å². The van der Waals surface area contributed by atoms with Gasteiger partial charge < -0.3 is 10.4 Å². The van der Waals surface area contributed by atoms with Gasteiger partial charge in [-0.2, -0.15) is 0 Å². The van der Waals surface area contributed by atoms with Crippen molar-refractivity contribution in [3.63, 3.8) is 0 Å². The predicted molar refractivity (Wildman–Crippen MR) is 57.6 cm³/mol. The van der Waals surface area contributed by atoms with Gasteiger partial charge in [0.2, 0.25) is 0 Å². The molecule has 1 aliphatic rings. The number of nitrogens with one attached hydrogen (secondary N) is 1. The van der Waals surface area contributed by atoms with E-state index in [0.29, 0.717) is 6.54 Å². The van der Waals surface area contributed by atoms with E-state index in [1.54, 1.807) is 0 Å². The molecule has 1 heterocycles. The predicted octanol–water partition coefficient (Wildman–Crippen LogP) is 1.27. The minimum Gasteiger partial charge on any atom is -0.395 e. The maximum atomic E-state index is 8.70. The van der Waals surface area contributed by atoms with Crippen molar-refractivity contribution in [1.82, 2.24) is 10.3 Å². The molecule has 0 saturated carbocycles. The van der Waals surface area contributed by atoms with Gasteiger partial charge in [-0.3, -0.25) is 0 Å². The molecule has 0 amide bonds. The summed E-state index contributed by atoms with van der Waals surface area (Å²) in [6, 6.07) is 0.276. The molecular weight excluding hydrogens is 196 g/mol. The van der Waals surface area contributed by atoms with E-state index in [0.717, 1.165) is 6.42 Å². The molecule has 2 rings (SSSR count). The first-order chi connectivity index (χ1) is 6.81. The highest BCUT2D eigenvalue weighted by Gasteiger charge is 2.18. The highest BCUT2D eigenvalue weighted by Crippen LogP contribution is 2.30. The lowest BCUT2D eigenvalue weighted by molar-refractivity contribution is 0.286. The maximum absolute atomic E-state index is 8.70. The molecule has 0 fully saturated rings. The number of hydrogen-bond donors (Lipinski definition) is 2. The topological polar surface area (TPSA) is 45.1 Å². The van der Waals surface area contributed by atoms with E-state index in [4.69, 9.17) is 5.11 Å². The molecule has 1 aliphatic carbocycles. The van der Waals surface area contributed by atoms with Gasteiger partial charge in [-0.25, -0.2) is 4.98 Å².